The van der Waals surface area contributed by atoms with Crippen LogP contribution in [0.2, 0.25) is 0 Å². The molecule has 5 heteroatoms. The zero-order valence-corrected chi connectivity index (χ0v) is 12.8. The van der Waals surface area contributed by atoms with Crippen molar-refractivity contribution in [3.8, 4) is 0 Å². The molecule has 2 heterocycles. The van der Waals surface area contributed by atoms with E-state index in [1.165, 1.54) is 16.6 Å². The van der Waals surface area contributed by atoms with E-state index < -0.39 is 0 Å². The van der Waals surface area contributed by atoms with Crippen LogP contribution in [0.5, 0.6) is 0 Å². The Balaban J connectivity index is 1.62. The van der Waals surface area contributed by atoms with Gasteiger partial charge in [0.15, 0.2) is 0 Å². The molecule has 1 aromatic carbocycles. The second-order valence-electron chi connectivity index (χ2n) is 5.85. The topological polar surface area (TPSA) is 50.3 Å². The first-order chi connectivity index (χ1) is 10.3. The first-order valence-corrected chi connectivity index (χ1v) is 7.83. The van der Waals surface area contributed by atoms with Crippen molar-refractivity contribution in [3.63, 3.8) is 0 Å². The van der Waals surface area contributed by atoms with E-state index in [1.807, 2.05) is 11.7 Å². The summed E-state index contributed by atoms with van der Waals surface area (Å²) in [5.74, 6) is 0. The molecule has 1 aromatic heterocycles. The third-order valence-electron chi connectivity index (χ3n) is 4.35. The van der Waals surface area contributed by atoms with E-state index in [0.717, 1.165) is 52.2 Å². The second kappa shape index (κ2) is 6.56. The van der Waals surface area contributed by atoms with E-state index in [4.69, 9.17) is 10.8 Å². The minimum absolute atomic E-state index is 0.792. The van der Waals surface area contributed by atoms with Gasteiger partial charge in [0.2, 0.25) is 0 Å². The van der Waals surface area contributed by atoms with Gasteiger partial charge in [-0.15, -0.1) is 0 Å². The molecule has 0 radical (unpaired) electrons. The normalized spacial score (nSPS) is 17.6. The average molecular weight is 287 g/mol. The molecule has 0 aliphatic carbocycles. The monoisotopic (exact) mass is 287 g/mol. The molecule has 1 aliphatic heterocycles. The molecule has 3 rings (SSSR count). The fourth-order valence-corrected chi connectivity index (χ4v) is 3.10. The summed E-state index contributed by atoms with van der Waals surface area (Å²) in [5, 5.41) is 5.98. The smallest absolute Gasteiger partial charge is 0.0843 e. The molecule has 5 nitrogen and oxygen atoms in total. The zero-order chi connectivity index (χ0) is 14.7. The lowest BCUT2D eigenvalue weighted by atomic mass is 10.2. The largest absolute Gasteiger partial charge is 0.330 e. The highest BCUT2D eigenvalue weighted by atomic mass is 15.3. The zero-order valence-electron chi connectivity index (χ0n) is 12.8. The Morgan fingerprint density at radius 3 is 2.57 bits per heavy atom. The highest BCUT2D eigenvalue weighted by molar-refractivity contribution is 5.81. The summed E-state index contributed by atoms with van der Waals surface area (Å²) < 4.78 is 1.99. The highest BCUT2D eigenvalue weighted by Crippen LogP contribution is 2.19. The fraction of sp³-hybridized carbons (Fsp3) is 0.562. The molecule has 1 fully saturated rings. The Hall–Kier alpha value is -1.43. The number of para-hydroxylation sites is 1. The summed E-state index contributed by atoms with van der Waals surface area (Å²) in [6.45, 7) is 7.41. The quantitative estimate of drug-likeness (QED) is 0.893. The van der Waals surface area contributed by atoms with E-state index in [0.29, 0.717) is 0 Å². The van der Waals surface area contributed by atoms with Gasteiger partial charge in [0.25, 0.3) is 0 Å². The van der Waals surface area contributed by atoms with Crippen molar-refractivity contribution in [2.24, 2.45) is 12.8 Å². The van der Waals surface area contributed by atoms with Crippen molar-refractivity contribution in [1.82, 2.24) is 19.6 Å². The molecular weight excluding hydrogens is 262 g/mol. The van der Waals surface area contributed by atoms with Crippen LogP contribution in [-0.4, -0.2) is 58.8 Å². The average Bonchev–Trinajstić information content (AvgIpc) is 2.83. The van der Waals surface area contributed by atoms with Gasteiger partial charge in [0.05, 0.1) is 11.2 Å². The molecule has 0 amide bonds. The summed E-state index contributed by atoms with van der Waals surface area (Å²) in [6, 6.07) is 8.48. The van der Waals surface area contributed by atoms with E-state index in [2.05, 4.69) is 34.1 Å². The predicted octanol–water partition coefficient (Wildman–Crippen LogP) is 1.04. The summed E-state index contributed by atoms with van der Waals surface area (Å²) in [4.78, 5) is 5.02. The van der Waals surface area contributed by atoms with Gasteiger partial charge in [-0.25, -0.2) is 0 Å². The third kappa shape index (κ3) is 3.26. The van der Waals surface area contributed by atoms with Gasteiger partial charge in [0.1, 0.15) is 0 Å². The molecule has 0 bridgehead atoms. The SMILES string of the molecule is Cn1nc(CN2CCN(CCCN)CC2)c2ccccc21. The maximum Gasteiger partial charge on any atom is 0.0843 e. The van der Waals surface area contributed by atoms with Crippen LogP contribution in [0.25, 0.3) is 10.9 Å². The Morgan fingerprint density at radius 1 is 1.10 bits per heavy atom. The molecule has 1 saturated heterocycles. The maximum atomic E-state index is 5.58. The van der Waals surface area contributed by atoms with Crippen LogP contribution in [0.3, 0.4) is 0 Å². The number of hydrogen-bond acceptors (Lipinski definition) is 4. The molecule has 0 saturated carbocycles. The fourth-order valence-electron chi connectivity index (χ4n) is 3.10. The van der Waals surface area contributed by atoms with Gasteiger partial charge in [-0.3, -0.25) is 9.58 Å². The molecular formula is C16H25N5. The van der Waals surface area contributed by atoms with Crippen LogP contribution < -0.4 is 5.73 Å². The minimum Gasteiger partial charge on any atom is -0.330 e. The van der Waals surface area contributed by atoms with Crippen LogP contribution in [0, 0.1) is 0 Å². The Bertz CT molecular complexity index is 583. The Morgan fingerprint density at radius 2 is 1.81 bits per heavy atom. The minimum atomic E-state index is 0.792. The lowest BCUT2D eigenvalue weighted by Crippen LogP contribution is -2.46. The third-order valence-corrected chi connectivity index (χ3v) is 4.35. The molecule has 1 aliphatic rings. The maximum absolute atomic E-state index is 5.58. The van der Waals surface area contributed by atoms with Gasteiger partial charge < -0.3 is 10.6 Å². The van der Waals surface area contributed by atoms with Crippen LogP contribution >= 0.6 is 0 Å². The first kappa shape index (κ1) is 14.5. The lowest BCUT2D eigenvalue weighted by molar-refractivity contribution is 0.126. The van der Waals surface area contributed by atoms with Gasteiger partial charge in [-0.2, -0.15) is 5.10 Å². The second-order valence-corrected chi connectivity index (χ2v) is 5.85. The highest BCUT2D eigenvalue weighted by Gasteiger charge is 2.18. The number of aromatic nitrogens is 2. The van der Waals surface area contributed by atoms with Gasteiger partial charge in [-0.1, -0.05) is 18.2 Å². The summed E-state index contributed by atoms with van der Waals surface area (Å²) >= 11 is 0. The van der Waals surface area contributed by atoms with Crippen LogP contribution in [-0.2, 0) is 13.6 Å². The number of fused-ring (bicyclic) bond motifs is 1. The number of rotatable bonds is 5. The van der Waals surface area contributed by atoms with Crippen LogP contribution in [0.4, 0.5) is 0 Å². The molecule has 0 spiro atoms. The first-order valence-electron chi connectivity index (χ1n) is 7.83. The molecule has 2 aromatic rings. The Labute approximate surface area is 126 Å². The predicted molar refractivity (Wildman–Crippen MR) is 86.1 cm³/mol. The summed E-state index contributed by atoms with van der Waals surface area (Å²) in [5.41, 5.74) is 8.00. The van der Waals surface area contributed by atoms with Crippen LogP contribution in [0.15, 0.2) is 24.3 Å². The van der Waals surface area contributed by atoms with E-state index in [-0.39, 0.29) is 0 Å². The molecule has 0 unspecified atom stereocenters. The van der Waals surface area contributed by atoms with Crippen molar-refractivity contribution < 1.29 is 0 Å². The summed E-state index contributed by atoms with van der Waals surface area (Å²) in [6.07, 6.45) is 1.10. The lowest BCUT2D eigenvalue weighted by Gasteiger charge is -2.34. The van der Waals surface area contributed by atoms with Crippen molar-refractivity contribution in [2.75, 3.05) is 39.3 Å². The van der Waals surface area contributed by atoms with Crippen molar-refractivity contribution in [3.05, 3.63) is 30.0 Å². The van der Waals surface area contributed by atoms with E-state index >= 15 is 0 Å². The number of nitrogens with two attached hydrogens (primary N) is 1. The van der Waals surface area contributed by atoms with Crippen molar-refractivity contribution in [1.29, 1.82) is 0 Å². The standard InChI is InChI=1S/C16H25N5/c1-19-16-6-3-2-5-14(16)15(18-19)13-21-11-9-20(10-12-21)8-4-7-17/h2-3,5-6H,4,7-13,17H2,1H3. The number of benzene rings is 1. The van der Waals surface area contributed by atoms with Crippen molar-refractivity contribution >= 4 is 10.9 Å². The molecule has 21 heavy (non-hydrogen) atoms. The van der Waals surface area contributed by atoms with Crippen molar-refractivity contribution in [2.45, 2.75) is 13.0 Å². The summed E-state index contributed by atoms with van der Waals surface area (Å²) in [7, 11) is 2.02. The van der Waals surface area contributed by atoms with Gasteiger partial charge in [-0.05, 0) is 25.6 Å². The Kier molecular flexibility index (Phi) is 4.53. The van der Waals surface area contributed by atoms with Gasteiger partial charge >= 0.3 is 0 Å². The number of piperazine rings is 1. The molecule has 0 atom stereocenters. The molecule has 114 valence electrons. The number of nitrogens with zero attached hydrogens (tertiary/aromatic N) is 4. The number of hydrogen-bond donors (Lipinski definition) is 1. The number of aryl methyl sites for hydroxylation is 1. The van der Waals surface area contributed by atoms with E-state index in [9.17, 15) is 0 Å². The molecule has 2 N–H and O–H groups in total. The van der Waals surface area contributed by atoms with Gasteiger partial charge in [0, 0.05) is 45.2 Å². The van der Waals surface area contributed by atoms with Crippen LogP contribution in [0.1, 0.15) is 12.1 Å². The van der Waals surface area contributed by atoms with E-state index in [1.54, 1.807) is 0 Å².